The van der Waals surface area contributed by atoms with E-state index in [1.165, 1.54) is 12.1 Å². The Bertz CT molecular complexity index is 1080. The lowest BCUT2D eigenvalue weighted by atomic mass is 9.88. The van der Waals surface area contributed by atoms with E-state index in [1.54, 1.807) is 35.2 Å². The van der Waals surface area contributed by atoms with E-state index >= 15 is 0 Å². The number of nitrogens with zero attached hydrogens (tertiary/aromatic N) is 1. The second-order valence-corrected chi connectivity index (χ2v) is 6.64. The van der Waals surface area contributed by atoms with Gasteiger partial charge in [0.15, 0.2) is 11.4 Å². The molecule has 138 valence electrons. The van der Waals surface area contributed by atoms with Crippen LogP contribution in [0.3, 0.4) is 0 Å². The third-order valence-electron chi connectivity index (χ3n) is 4.96. The molecule has 1 aliphatic heterocycles. The number of aromatic amines is 1. The molecule has 1 saturated heterocycles. The minimum atomic E-state index is -0.561. The number of amides is 1. The Kier molecular flexibility index (Phi) is 4.35. The quantitative estimate of drug-likeness (QED) is 0.721. The molecule has 1 N–H and O–H groups in total. The van der Waals surface area contributed by atoms with Crippen molar-refractivity contribution in [2.45, 2.75) is 12.8 Å². The molecular weight excluding hydrogens is 351 g/mol. The summed E-state index contributed by atoms with van der Waals surface area (Å²) < 4.78 is 18.8. The number of nitrogens with one attached hydrogen (secondary N) is 1. The van der Waals surface area contributed by atoms with E-state index in [0.717, 1.165) is 0 Å². The summed E-state index contributed by atoms with van der Waals surface area (Å²) in [6.07, 6.45) is 1.02. The molecule has 1 amide bonds. The molecule has 1 fully saturated rings. The van der Waals surface area contributed by atoms with Crippen molar-refractivity contribution in [2.75, 3.05) is 13.1 Å². The molecule has 7 heteroatoms. The molecule has 0 saturated carbocycles. The number of oxazole rings is 1. The molecule has 4 rings (SSSR count). The highest BCUT2D eigenvalue weighted by molar-refractivity contribution is 6.00. The summed E-state index contributed by atoms with van der Waals surface area (Å²) in [5, 5.41) is 0. The van der Waals surface area contributed by atoms with Crippen LogP contribution in [-0.2, 0) is 0 Å². The average molecular weight is 368 g/mol. The van der Waals surface area contributed by atoms with Gasteiger partial charge in [0, 0.05) is 24.6 Å². The molecule has 1 aliphatic rings. The zero-order chi connectivity index (χ0) is 19.0. The monoisotopic (exact) mass is 368 g/mol. The molecule has 6 nitrogen and oxygen atoms in total. The first kappa shape index (κ1) is 17.2. The van der Waals surface area contributed by atoms with Gasteiger partial charge in [-0.05, 0) is 43.2 Å². The van der Waals surface area contributed by atoms with Crippen LogP contribution in [-0.4, -0.2) is 34.7 Å². The molecule has 0 atom stereocenters. The number of hydrogen-bond acceptors (Lipinski definition) is 4. The fourth-order valence-corrected chi connectivity index (χ4v) is 3.48. The van der Waals surface area contributed by atoms with Crippen molar-refractivity contribution in [2.24, 2.45) is 5.92 Å². The Morgan fingerprint density at radius 2 is 1.85 bits per heavy atom. The van der Waals surface area contributed by atoms with Gasteiger partial charge in [0.25, 0.3) is 5.91 Å². The predicted molar refractivity (Wildman–Crippen MR) is 96.2 cm³/mol. The minimum Gasteiger partial charge on any atom is -0.408 e. The standard InChI is InChI=1S/C20H17FN2O4/c21-15-4-2-1-3-14(15)19(25)23-9-7-12(8-10-23)18(24)13-5-6-16-17(11-13)27-20(26)22-16/h1-6,11-12H,7-10H2,(H,22,26). The SMILES string of the molecule is O=C(c1ccc2[nH]c(=O)oc2c1)C1CCN(C(=O)c2ccccc2F)CC1. The summed E-state index contributed by atoms with van der Waals surface area (Å²) in [6.45, 7) is 0.788. The van der Waals surface area contributed by atoms with E-state index < -0.39 is 11.6 Å². The number of hydrogen-bond donors (Lipinski definition) is 1. The number of Topliss-reactive ketones (excluding diaryl/α,β-unsaturated/α-hetero) is 1. The van der Waals surface area contributed by atoms with Crippen LogP contribution >= 0.6 is 0 Å². The van der Waals surface area contributed by atoms with Crippen LogP contribution in [0.4, 0.5) is 4.39 Å². The van der Waals surface area contributed by atoms with Gasteiger partial charge in [0.2, 0.25) is 0 Å². The zero-order valence-corrected chi connectivity index (χ0v) is 14.4. The number of halogens is 1. The van der Waals surface area contributed by atoms with E-state index in [4.69, 9.17) is 4.42 Å². The van der Waals surface area contributed by atoms with Crippen molar-refractivity contribution in [1.82, 2.24) is 9.88 Å². The maximum absolute atomic E-state index is 13.8. The predicted octanol–water partition coefficient (Wildman–Crippen LogP) is 3.00. The Hall–Kier alpha value is -3.22. The van der Waals surface area contributed by atoms with Gasteiger partial charge < -0.3 is 9.32 Å². The molecule has 0 spiro atoms. The fourth-order valence-electron chi connectivity index (χ4n) is 3.48. The zero-order valence-electron chi connectivity index (χ0n) is 14.4. The second kappa shape index (κ2) is 6.83. The number of carbonyl (C=O) groups excluding carboxylic acids is 2. The highest BCUT2D eigenvalue weighted by Gasteiger charge is 2.29. The minimum absolute atomic E-state index is 0.0428. The Balaban J connectivity index is 1.45. The molecule has 2 aromatic carbocycles. The van der Waals surface area contributed by atoms with E-state index in [2.05, 4.69) is 4.98 Å². The number of likely N-dealkylation sites (tertiary alicyclic amines) is 1. The van der Waals surface area contributed by atoms with Gasteiger partial charge in [0.1, 0.15) is 5.82 Å². The van der Waals surface area contributed by atoms with Crippen molar-refractivity contribution in [1.29, 1.82) is 0 Å². The summed E-state index contributed by atoms with van der Waals surface area (Å²) in [5.41, 5.74) is 1.42. The summed E-state index contributed by atoms with van der Waals surface area (Å²) in [6, 6.07) is 10.8. The summed E-state index contributed by atoms with van der Waals surface area (Å²) in [4.78, 5) is 40.6. The molecule has 2 heterocycles. The molecule has 0 unspecified atom stereocenters. The number of H-pyrrole nitrogens is 1. The lowest BCUT2D eigenvalue weighted by Gasteiger charge is -2.31. The van der Waals surface area contributed by atoms with Gasteiger partial charge in [-0.15, -0.1) is 0 Å². The maximum Gasteiger partial charge on any atom is 0.417 e. The summed E-state index contributed by atoms with van der Waals surface area (Å²) in [7, 11) is 0. The van der Waals surface area contributed by atoms with Crippen LogP contribution < -0.4 is 5.76 Å². The first-order valence-electron chi connectivity index (χ1n) is 8.74. The fraction of sp³-hybridized carbons (Fsp3) is 0.250. The number of piperidine rings is 1. The van der Waals surface area contributed by atoms with Crippen LogP contribution in [0.5, 0.6) is 0 Å². The van der Waals surface area contributed by atoms with E-state index in [-0.39, 0.29) is 23.2 Å². The first-order valence-corrected chi connectivity index (χ1v) is 8.74. The Morgan fingerprint density at radius 1 is 1.11 bits per heavy atom. The maximum atomic E-state index is 13.8. The lowest BCUT2D eigenvalue weighted by Crippen LogP contribution is -2.40. The Morgan fingerprint density at radius 3 is 2.59 bits per heavy atom. The van der Waals surface area contributed by atoms with Crippen LogP contribution in [0.1, 0.15) is 33.6 Å². The normalized spacial score (nSPS) is 15.2. The number of rotatable bonds is 3. The van der Waals surface area contributed by atoms with Crippen LogP contribution in [0, 0.1) is 11.7 Å². The third-order valence-corrected chi connectivity index (χ3v) is 4.96. The largest absolute Gasteiger partial charge is 0.417 e. The third kappa shape index (κ3) is 3.28. The van der Waals surface area contributed by atoms with Crippen LogP contribution in [0.25, 0.3) is 11.1 Å². The van der Waals surface area contributed by atoms with Crippen LogP contribution in [0.2, 0.25) is 0 Å². The van der Waals surface area contributed by atoms with Crippen LogP contribution in [0.15, 0.2) is 51.7 Å². The first-order chi connectivity index (χ1) is 13.0. The van der Waals surface area contributed by atoms with Crippen molar-refractivity contribution < 1.29 is 18.4 Å². The molecule has 0 aliphatic carbocycles. The Labute approximate surface area is 153 Å². The number of aromatic nitrogens is 1. The van der Waals surface area contributed by atoms with E-state index in [9.17, 15) is 18.8 Å². The number of ketones is 1. The molecule has 3 aromatic rings. The van der Waals surface area contributed by atoms with Crippen molar-refractivity contribution in [3.8, 4) is 0 Å². The lowest BCUT2D eigenvalue weighted by molar-refractivity contribution is 0.0646. The smallest absolute Gasteiger partial charge is 0.408 e. The second-order valence-electron chi connectivity index (χ2n) is 6.64. The number of fused-ring (bicyclic) bond motifs is 1. The van der Waals surface area contributed by atoms with Gasteiger partial charge in [0.05, 0.1) is 11.1 Å². The van der Waals surface area contributed by atoms with E-state index in [1.807, 2.05) is 0 Å². The van der Waals surface area contributed by atoms with Crippen molar-refractivity contribution in [3.63, 3.8) is 0 Å². The molecule has 1 aromatic heterocycles. The topological polar surface area (TPSA) is 83.4 Å². The average Bonchev–Trinajstić information content (AvgIpc) is 3.06. The number of carbonyl (C=O) groups is 2. The summed E-state index contributed by atoms with van der Waals surface area (Å²) in [5.74, 6) is -1.72. The number of benzene rings is 2. The molecule has 0 radical (unpaired) electrons. The highest BCUT2D eigenvalue weighted by atomic mass is 19.1. The van der Waals surface area contributed by atoms with Gasteiger partial charge in [-0.1, -0.05) is 12.1 Å². The van der Waals surface area contributed by atoms with Gasteiger partial charge in [-0.2, -0.15) is 0 Å². The molecular formula is C20H17FN2O4. The van der Waals surface area contributed by atoms with Gasteiger partial charge in [-0.3, -0.25) is 14.6 Å². The summed E-state index contributed by atoms with van der Waals surface area (Å²) >= 11 is 0. The molecule has 0 bridgehead atoms. The molecule has 27 heavy (non-hydrogen) atoms. The van der Waals surface area contributed by atoms with Gasteiger partial charge >= 0.3 is 5.76 Å². The van der Waals surface area contributed by atoms with Crippen molar-refractivity contribution >= 4 is 22.8 Å². The van der Waals surface area contributed by atoms with Crippen molar-refractivity contribution in [3.05, 3.63) is 70.0 Å². The van der Waals surface area contributed by atoms with Gasteiger partial charge in [-0.25, -0.2) is 9.18 Å². The van der Waals surface area contributed by atoms with E-state index in [0.29, 0.717) is 42.6 Å². The highest BCUT2D eigenvalue weighted by Crippen LogP contribution is 2.25.